The topological polar surface area (TPSA) is 45.0 Å². The van der Waals surface area contributed by atoms with Crippen LogP contribution in [0.4, 0.5) is 5.69 Å². The fourth-order valence-electron chi connectivity index (χ4n) is 1.47. The van der Waals surface area contributed by atoms with Crippen LogP contribution in [0.1, 0.15) is 26.2 Å². The molecule has 3 heteroatoms. The molecule has 1 unspecified atom stereocenters. The smallest absolute Gasteiger partial charge is 0.119 e. The lowest BCUT2D eigenvalue weighted by Gasteiger charge is -2.12. The van der Waals surface area contributed by atoms with Gasteiger partial charge in [0.2, 0.25) is 0 Å². The molecule has 0 saturated carbocycles. The summed E-state index contributed by atoms with van der Waals surface area (Å²) in [7, 11) is 1.64. The molecule has 86 valence electrons. The molecule has 0 aliphatic rings. The third-order valence-electron chi connectivity index (χ3n) is 2.43. The van der Waals surface area contributed by atoms with Crippen molar-refractivity contribution in [2.24, 2.45) is 0 Å². The number of hydrogen-bond donors (Lipinski definition) is 1. The number of nitrogens with zero attached hydrogens (tertiary/aromatic N) is 1. The van der Waals surface area contributed by atoms with Crippen molar-refractivity contribution >= 4 is 5.69 Å². The van der Waals surface area contributed by atoms with Gasteiger partial charge < -0.3 is 10.1 Å². The molecule has 1 aromatic carbocycles. The maximum Gasteiger partial charge on any atom is 0.119 e. The van der Waals surface area contributed by atoms with Crippen molar-refractivity contribution in [2.75, 3.05) is 12.4 Å². The predicted molar refractivity (Wildman–Crippen MR) is 65.5 cm³/mol. The fraction of sp³-hybridized carbons (Fsp3) is 0.462. The first-order chi connectivity index (χ1) is 7.80. The van der Waals surface area contributed by atoms with Crippen molar-refractivity contribution in [3.63, 3.8) is 0 Å². The van der Waals surface area contributed by atoms with Crippen LogP contribution in [-0.2, 0) is 0 Å². The lowest BCUT2D eigenvalue weighted by molar-refractivity contribution is 0.415. The van der Waals surface area contributed by atoms with Crippen molar-refractivity contribution in [3.05, 3.63) is 24.3 Å². The van der Waals surface area contributed by atoms with Crippen molar-refractivity contribution in [1.82, 2.24) is 0 Å². The molecular weight excluding hydrogens is 200 g/mol. The SMILES string of the molecule is CCCCC(C#N)Nc1ccc(OC)cc1. The first-order valence-electron chi connectivity index (χ1n) is 5.60. The Balaban J connectivity index is 2.53. The Bertz CT molecular complexity index is 340. The highest BCUT2D eigenvalue weighted by Crippen LogP contribution is 2.16. The van der Waals surface area contributed by atoms with E-state index in [9.17, 15) is 0 Å². The second-order valence-corrected chi connectivity index (χ2v) is 3.70. The number of anilines is 1. The van der Waals surface area contributed by atoms with E-state index >= 15 is 0 Å². The molecule has 0 radical (unpaired) electrons. The van der Waals surface area contributed by atoms with E-state index in [0.29, 0.717) is 0 Å². The first-order valence-corrected chi connectivity index (χ1v) is 5.60. The van der Waals surface area contributed by atoms with E-state index in [2.05, 4.69) is 18.3 Å². The van der Waals surface area contributed by atoms with Crippen LogP contribution >= 0.6 is 0 Å². The molecule has 0 amide bonds. The van der Waals surface area contributed by atoms with E-state index in [1.165, 1.54) is 0 Å². The third-order valence-corrected chi connectivity index (χ3v) is 2.43. The minimum Gasteiger partial charge on any atom is -0.497 e. The Hall–Kier alpha value is -1.69. The average Bonchev–Trinajstić information content (AvgIpc) is 2.35. The van der Waals surface area contributed by atoms with E-state index in [-0.39, 0.29) is 6.04 Å². The standard InChI is InChI=1S/C13H18N2O/c1-3-4-5-12(10-14)15-11-6-8-13(16-2)9-7-11/h6-9,12,15H,3-5H2,1-2H3. The lowest BCUT2D eigenvalue weighted by Crippen LogP contribution is -2.16. The highest BCUT2D eigenvalue weighted by molar-refractivity contribution is 5.48. The van der Waals surface area contributed by atoms with Gasteiger partial charge in [0, 0.05) is 5.69 Å². The molecule has 0 spiro atoms. The van der Waals surface area contributed by atoms with Crippen molar-refractivity contribution in [1.29, 1.82) is 5.26 Å². The largest absolute Gasteiger partial charge is 0.497 e. The lowest BCUT2D eigenvalue weighted by atomic mass is 10.1. The molecule has 0 bridgehead atoms. The molecular formula is C13H18N2O. The molecule has 1 atom stereocenters. The fourth-order valence-corrected chi connectivity index (χ4v) is 1.47. The van der Waals surface area contributed by atoms with Crippen LogP contribution in [0.15, 0.2) is 24.3 Å². The highest BCUT2D eigenvalue weighted by atomic mass is 16.5. The Morgan fingerprint density at radius 3 is 2.56 bits per heavy atom. The van der Waals surface area contributed by atoms with Crippen molar-refractivity contribution in [2.45, 2.75) is 32.2 Å². The Labute approximate surface area is 97.0 Å². The van der Waals surface area contributed by atoms with Crippen LogP contribution in [0, 0.1) is 11.3 Å². The van der Waals surface area contributed by atoms with E-state index < -0.39 is 0 Å². The van der Waals surface area contributed by atoms with Gasteiger partial charge >= 0.3 is 0 Å². The van der Waals surface area contributed by atoms with Crippen LogP contribution in [-0.4, -0.2) is 13.2 Å². The number of nitrogens with one attached hydrogen (secondary N) is 1. The number of nitriles is 1. The Kier molecular flexibility index (Phi) is 5.21. The molecule has 0 heterocycles. The van der Waals surface area contributed by atoms with Crippen LogP contribution in [0.25, 0.3) is 0 Å². The summed E-state index contributed by atoms with van der Waals surface area (Å²) >= 11 is 0. The summed E-state index contributed by atoms with van der Waals surface area (Å²) in [5, 5.41) is 12.2. The van der Waals surface area contributed by atoms with Gasteiger partial charge in [0.25, 0.3) is 0 Å². The third kappa shape index (κ3) is 3.82. The second kappa shape index (κ2) is 6.73. The predicted octanol–water partition coefficient (Wildman–Crippen LogP) is 3.19. The van der Waals surface area contributed by atoms with E-state index in [1.54, 1.807) is 7.11 Å². The summed E-state index contributed by atoms with van der Waals surface area (Å²) in [6, 6.07) is 9.79. The summed E-state index contributed by atoms with van der Waals surface area (Å²) in [6.07, 6.45) is 3.07. The number of hydrogen-bond acceptors (Lipinski definition) is 3. The minimum atomic E-state index is -0.103. The summed E-state index contributed by atoms with van der Waals surface area (Å²) in [5.74, 6) is 0.826. The van der Waals surface area contributed by atoms with Crippen LogP contribution in [0.3, 0.4) is 0 Å². The molecule has 0 aromatic heterocycles. The number of unbranched alkanes of at least 4 members (excludes halogenated alkanes) is 1. The number of ether oxygens (including phenoxy) is 1. The number of rotatable bonds is 6. The van der Waals surface area contributed by atoms with Gasteiger partial charge in [-0.1, -0.05) is 19.8 Å². The quantitative estimate of drug-likeness (QED) is 0.797. The van der Waals surface area contributed by atoms with Crippen molar-refractivity contribution in [3.8, 4) is 11.8 Å². The van der Waals surface area contributed by atoms with Gasteiger partial charge in [0.05, 0.1) is 13.2 Å². The first kappa shape index (κ1) is 12.4. The normalized spacial score (nSPS) is 11.6. The maximum absolute atomic E-state index is 8.98. The molecule has 1 aromatic rings. The molecule has 16 heavy (non-hydrogen) atoms. The second-order valence-electron chi connectivity index (χ2n) is 3.70. The minimum absolute atomic E-state index is 0.103. The monoisotopic (exact) mass is 218 g/mol. The Morgan fingerprint density at radius 1 is 1.38 bits per heavy atom. The summed E-state index contributed by atoms with van der Waals surface area (Å²) in [4.78, 5) is 0. The van der Waals surface area contributed by atoms with Gasteiger partial charge in [-0.25, -0.2) is 0 Å². The van der Waals surface area contributed by atoms with Gasteiger partial charge in [-0.3, -0.25) is 0 Å². The average molecular weight is 218 g/mol. The van der Waals surface area contributed by atoms with Crippen molar-refractivity contribution < 1.29 is 4.74 Å². The number of methoxy groups -OCH3 is 1. The van der Waals surface area contributed by atoms with E-state index in [0.717, 1.165) is 30.7 Å². The van der Waals surface area contributed by atoms with Gasteiger partial charge in [0.1, 0.15) is 11.8 Å². The molecule has 0 saturated heterocycles. The highest BCUT2D eigenvalue weighted by Gasteiger charge is 2.05. The van der Waals surface area contributed by atoms with Gasteiger partial charge in [-0.15, -0.1) is 0 Å². The number of benzene rings is 1. The molecule has 1 N–H and O–H groups in total. The maximum atomic E-state index is 8.98. The van der Waals surface area contributed by atoms with Crippen LogP contribution in [0.5, 0.6) is 5.75 Å². The van der Waals surface area contributed by atoms with E-state index in [4.69, 9.17) is 10.00 Å². The molecule has 1 rings (SSSR count). The molecule has 0 aliphatic heterocycles. The van der Waals surface area contributed by atoms with Crippen LogP contribution in [0.2, 0.25) is 0 Å². The summed E-state index contributed by atoms with van der Waals surface area (Å²) in [5.41, 5.74) is 0.962. The Morgan fingerprint density at radius 2 is 2.06 bits per heavy atom. The summed E-state index contributed by atoms with van der Waals surface area (Å²) < 4.78 is 5.07. The zero-order valence-electron chi connectivity index (χ0n) is 9.86. The van der Waals surface area contributed by atoms with Gasteiger partial charge in [0.15, 0.2) is 0 Å². The molecule has 3 nitrogen and oxygen atoms in total. The van der Waals surface area contributed by atoms with Gasteiger partial charge in [-0.2, -0.15) is 5.26 Å². The molecule has 0 fully saturated rings. The molecule has 0 aliphatic carbocycles. The zero-order chi connectivity index (χ0) is 11.8. The zero-order valence-corrected chi connectivity index (χ0v) is 9.86. The van der Waals surface area contributed by atoms with E-state index in [1.807, 2.05) is 24.3 Å². The summed E-state index contributed by atoms with van der Waals surface area (Å²) in [6.45, 7) is 2.13. The van der Waals surface area contributed by atoms with Gasteiger partial charge in [-0.05, 0) is 30.7 Å². The van der Waals surface area contributed by atoms with Crippen LogP contribution < -0.4 is 10.1 Å².